The summed E-state index contributed by atoms with van der Waals surface area (Å²) in [7, 11) is 0. The molecule has 3 heterocycles. The predicted molar refractivity (Wildman–Crippen MR) is 83.7 cm³/mol. The van der Waals surface area contributed by atoms with Crippen LogP contribution >= 0.6 is 11.3 Å². The van der Waals surface area contributed by atoms with Crippen molar-refractivity contribution in [3.05, 3.63) is 36.3 Å². The Morgan fingerprint density at radius 3 is 2.82 bits per heavy atom. The Balaban J connectivity index is 1.63. The fourth-order valence-corrected chi connectivity index (χ4v) is 3.62. The number of aromatic nitrogens is 3. The summed E-state index contributed by atoms with van der Waals surface area (Å²) in [4.78, 5) is 7.46. The highest BCUT2D eigenvalue weighted by atomic mass is 32.1. The van der Waals surface area contributed by atoms with Crippen LogP contribution in [0.15, 0.2) is 30.5 Å². The molecule has 0 amide bonds. The van der Waals surface area contributed by atoms with Gasteiger partial charge in [-0.05, 0) is 37.1 Å². The predicted octanol–water partition coefficient (Wildman–Crippen LogP) is 2.56. The molecule has 0 radical (unpaired) electrons. The normalized spacial score (nSPS) is 19.0. The van der Waals surface area contributed by atoms with E-state index in [9.17, 15) is 9.50 Å². The van der Waals surface area contributed by atoms with E-state index in [0.717, 1.165) is 40.7 Å². The van der Waals surface area contributed by atoms with Crippen LogP contribution in [-0.4, -0.2) is 38.9 Å². The third-order valence-corrected chi connectivity index (χ3v) is 4.82. The molecule has 1 aliphatic rings. The Hall–Kier alpha value is -1.99. The van der Waals surface area contributed by atoms with Crippen LogP contribution in [0.4, 0.5) is 9.52 Å². The molecule has 2 aromatic heterocycles. The first kappa shape index (κ1) is 13.7. The van der Waals surface area contributed by atoms with Gasteiger partial charge in [0.15, 0.2) is 0 Å². The minimum absolute atomic E-state index is 0.256. The van der Waals surface area contributed by atoms with E-state index in [-0.39, 0.29) is 11.9 Å². The number of anilines is 1. The third kappa shape index (κ3) is 2.46. The van der Waals surface area contributed by atoms with Gasteiger partial charge in [-0.2, -0.15) is 0 Å². The molecule has 1 atom stereocenters. The zero-order chi connectivity index (χ0) is 15.1. The van der Waals surface area contributed by atoms with Gasteiger partial charge in [-0.1, -0.05) is 11.3 Å². The zero-order valence-corrected chi connectivity index (χ0v) is 12.6. The Morgan fingerprint density at radius 1 is 1.27 bits per heavy atom. The maximum atomic E-state index is 13.0. The highest BCUT2D eigenvalue weighted by molar-refractivity contribution is 7.20. The van der Waals surface area contributed by atoms with E-state index in [1.54, 1.807) is 16.6 Å². The summed E-state index contributed by atoms with van der Waals surface area (Å²) in [5.74, 6) is -0.256. The largest absolute Gasteiger partial charge is 0.391 e. The van der Waals surface area contributed by atoms with Gasteiger partial charge in [-0.15, -0.1) is 5.10 Å². The lowest BCUT2D eigenvalue weighted by Crippen LogP contribution is -2.38. The lowest BCUT2D eigenvalue weighted by molar-refractivity contribution is 0.154. The number of β-amino-alcohol motifs (C(OH)–C–C–N with tert-alkyl or cyclic N) is 1. The van der Waals surface area contributed by atoms with Crippen LogP contribution in [0.1, 0.15) is 12.8 Å². The van der Waals surface area contributed by atoms with Gasteiger partial charge in [-0.25, -0.2) is 13.9 Å². The molecule has 0 spiro atoms. The lowest BCUT2D eigenvalue weighted by atomic mass is 10.1. The molecule has 22 heavy (non-hydrogen) atoms. The highest BCUT2D eigenvalue weighted by Gasteiger charge is 2.21. The molecule has 1 fully saturated rings. The molecule has 114 valence electrons. The second-order valence-electron chi connectivity index (χ2n) is 5.49. The lowest BCUT2D eigenvalue weighted by Gasteiger charge is -2.29. The summed E-state index contributed by atoms with van der Waals surface area (Å²) >= 11 is 1.51. The van der Waals surface area contributed by atoms with Gasteiger partial charge in [0.05, 0.1) is 18.0 Å². The van der Waals surface area contributed by atoms with Crippen molar-refractivity contribution in [2.24, 2.45) is 0 Å². The number of piperidine rings is 1. The van der Waals surface area contributed by atoms with Gasteiger partial charge in [0.1, 0.15) is 5.82 Å². The molecule has 4 rings (SSSR count). The molecule has 0 saturated carbocycles. The Kier molecular flexibility index (Phi) is 3.31. The van der Waals surface area contributed by atoms with Crippen molar-refractivity contribution in [2.75, 3.05) is 18.0 Å². The Morgan fingerprint density at radius 2 is 2.09 bits per heavy atom. The number of aliphatic hydroxyl groups excluding tert-OH is 1. The van der Waals surface area contributed by atoms with E-state index < -0.39 is 0 Å². The number of hydrogen-bond donors (Lipinski definition) is 1. The van der Waals surface area contributed by atoms with Crippen LogP contribution in [0.25, 0.3) is 16.2 Å². The van der Waals surface area contributed by atoms with Gasteiger partial charge in [0.25, 0.3) is 0 Å². The first-order valence-corrected chi connectivity index (χ1v) is 8.06. The van der Waals surface area contributed by atoms with Crippen LogP contribution in [0.3, 0.4) is 0 Å². The monoisotopic (exact) mass is 318 g/mol. The second-order valence-corrected chi connectivity index (χ2v) is 6.42. The number of nitrogens with zero attached hydrogens (tertiary/aromatic N) is 4. The van der Waals surface area contributed by atoms with Crippen LogP contribution in [0.5, 0.6) is 0 Å². The van der Waals surface area contributed by atoms with Gasteiger partial charge in [0.2, 0.25) is 10.1 Å². The molecule has 5 nitrogen and oxygen atoms in total. The number of imidazole rings is 1. The number of aliphatic hydroxyl groups is 1. The van der Waals surface area contributed by atoms with Crippen molar-refractivity contribution in [1.82, 2.24) is 14.6 Å². The maximum absolute atomic E-state index is 13.0. The summed E-state index contributed by atoms with van der Waals surface area (Å²) in [6, 6.07) is 6.28. The van der Waals surface area contributed by atoms with Crippen molar-refractivity contribution in [3.63, 3.8) is 0 Å². The van der Waals surface area contributed by atoms with Crippen molar-refractivity contribution < 1.29 is 9.50 Å². The minimum atomic E-state index is -0.278. The van der Waals surface area contributed by atoms with E-state index in [2.05, 4.69) is 15.0 Å². The number of benzene rings is 1. The first-order chi connectivity index (χ1) is 10.7. The summed E-state index contributed by atoms with van der Waals surface area (Å²) in [5.41, 5.74) is 1.65. The average Bonchev–Trinajstić information content (AvgIpc) is 3.06. The Bertz CT molecular complexity index is 766. The van der Waals surface area contributed by atoms with Crippen molar-refractivity contribution in [1.29, 1.82) is 0 Å². The highest BCUT2D eigenvalue weighted by Crippen LogP contribution is 2.28. The van der Waals surface area contributed by atoms with E-state index in [4.69, 9.17) is 0 Å². The van der Waals surface area contributed by atoms with E-state index in [1.165, 1.54) is 23.5 Å². The fourth-order valence-electron chi connectivity index (χ4n) is 2.71. The van der Waals surface area contributed by atoms with Crippen LogP contribution in [-0.2, 0) is 0 Å². The maximum Gasteiger partial charge on any atom is 0.214 e. The number of rotatable bonds is 2. The summed E-state index contributed by atoms with van der Waals surface area (Å²) < 4.78 is 14.7. The van der Waals surface area contributed by atoms with Crippen LogP contribution in [0, 0.1) is 5.82 Å². The van der Waals surface area contributed by atoms with Gasteiger partial charge < -0.3 is 10.0 Å². The number of fused-ring (bicyclic) bond motifs is 1. The molecular weight excluding hydrogens is 303 g/mol. The Labute approximate surface area is 130 Å². The third-order valence-electron chi connectivity index (χ3n) is 3.84. The molecule has 0 bridgehead atoms. The van der Waals surface area contributed by atoms with Crippen molar-refractivity contribution in [3.8, 4) is 11.3 Å². The van der Waals surface area contributed by atoms with Crippen molar-refractivity contribution >= 4 is 21.4 Å². The first-order valence-electron chi connectivity index (χ1n) is 7.24. The van der Waals surface area contributed by atoms with Crippen LogP contribution < -0.4 is 4.90 Å². The molecule has 1 aromatic carbocycles. The molecule has 3 aromatic rings. The SMILES string of the molecule is OC1CCCN(c2nn3cc(-c4ccc(F)cc4)nc3s2)C1. The molecule has 7 heteroatoms. The van der Waals surface area contributed by atoms with E-state index in [1.807, 2.05) is 6.20 Å². The zero-order valence-electron chi connectivity index (χ0n) is 11.8. The summed E-state index contributed by atoms with van der Waals surface area (Å²) in [6.45, 7) is 1.54. The standard InChI is InChI=1S/C15H15FN4OS/c16-11-5-3-10(4-6-11)13-9-20-14(17-13)22-15(18-20)19-7-1-2-12(21)8-19/h3-6,9,12,21H,1-2,7-8H2. The molecule has 1 N–H and O–H groups in total. The summed E-state index contributed by atoms with van der Waals surface area (Å²) in [5, 5.41) is 15.2. The molecule has 0 aliphatic carbocycles. The molecule has 1 aliphatic heterocycles. The average molecular weight is 318 g/mol. The molecule has 1 saturated heterocycles. The molecular formula is C15H15FN4OS. The van der Waals surface area contributed by atoms with Gasteiger partial charge in [-0.3, -0.25) is 0 Å². The van der Waals surface area contributed by atoms with Gasteiger partial charge >= 0.3 is 0 Å². The van der Waals surface area contributed by atoms with Crippen molar-refractivity contribution in [2.45, 2.75) is 18.9 Å². The molecule has 1 unspecified atom stereocenters. The van der Waals surface area contributed by atoms with Crippen LogP contribution in [0.2, 0.25) is 0 Å². The summed E-state index contributed by atoms with van der Waals surface area (Å²) in [6.07, 6.45) is 3.40. The second kappa shape index (κ2) is 5.33. The van der Waals surface area contributed by atoms with Gasteiger partial charge in [0, 0.05) is 18.7 Å². The van der Waals surface area contributed by atoms with E-state index in [0.29, 0.717) is 6.54 Å². The quantitative estimate of drug-likeness (QED) is 0.789. The minimum Gasteiger partial charge on any atom is -0.391 e. The smallest absolute Gasteiger partial charge is 0.214 e. The number of halogens is 1. The van der Waals surface area contributed by atoms with E-state index >= 15 is 0 Å². The fraction of sp³-hybridized carbons (Fsp3) is 0.333. The number of hydrogen-bond acceptors (Lipinski definition) is 5. The topological polar surface area (TPSA) is 53.7 Å².